The monoisotopic (exact) mass is 377 g/mol. The smallest absolute Gasteiger partial charge is 0.251 e. The maximum absolute atomic E-state index is 11.7. The highest BCUT2D eigenvalue weighted by Crippen LogP contribution is 2.44. The van der Waals surface area contributed by atoms with Crippen LogP contribution in [-0.4, -0.2) is 15.7 Å². The summed E-state index contributed by atoms with van der Waals surface area (Å²) in [6.45, 7) is 0. The second-order valence-electron chi connectivity index (χ2n) is 6.96. The van der Waals surface area contributed by atoms with E-state index in [1.54, 1.807) is 4.68 Å². The van der Waals surface area contributed by atoms with Crippen LogP contribution in [0.5, 0.6) is 0 Å². The van der Waals surface area contributed by atoms with E-state index in [1.165, 1.54) is 11.3 Å². The number of aromatic nitrogens is 2. The Morgan fingerprint density at radius 3 is 2.89 bits per heavy atom. The minimum absolute atomic E-state index is 0.436. The number of fused-ring (bicyclic) bond motifs is 1. The minimum Gasteiger partial charge on any atom is -0.390 e. The van der Waals surface area contributed by atoms with Crippen molar-refractivity contribution in [2.75, 3.05) is 5.73 Å². The number of hydrogen-bond acceptors (Lipinski definition) is 5. The summed E-state index contributed by atoms with van der Waals surface area (Å²) in [5.41, 5.74) is 15.2. The van der Waals surface area contributed by atoms with Crippen molar-refractivity contribution < 1.29 is 4.79 Å². The van der Waals surface area contributed by atoms with Gasteiger partial charge in [-0.3, -0.25) is 9.48 Å². The highest BCUT2D eigenvalue weighted by molar-refractivity contribution is 7.16. The van der Waals surface area contributed by atoms with Crippen molar-refractivity contribution in [1.29, 1.82) is 5.26 Å². The van der Waals surface area contributed by atoms with E-state index in [9.17, 15) is 10.1 Å². The van der Waals surface area contributed by atoms with Crippen LogP contribution in [0.1, 0.15) is 32.8 Å². The average molecular weight is 377 g/mol. The number of nitriles is 1. The Kier molecular flexibility index (Phi) is 4.01. The van der Waals surface area contributed by atoms with E-state index < -0.39 is 11.3 Å². The predicted octanol–water partition coefficient (Wildman–Crippen LogP) is 2.78. The van der Waals surface area contributed by atoms with Crippen molar-refractivity contribution >= 4 is 22.2 Å². The second-order valence-corrected chi connectivity index (χ2v) is 8.10. The third-order valence-electron chi connectivity index (χ3n) is 5.30. The summed E-state index contributed by atoms with van der Waals surface area (Å²) in [4.78, 5) is 12.7. The van der Waals surface area contributed by atoms with Crippen molar-refractivity contribution in [3.8, 4) is 17.2 Å². The number of rotatable bonds is 3. The molecule has 7 heteroatoms. The first-order valence-electron chi connectivity index (χ1n) is 8.64. The number of carbonyl (C=O) groups is 1. The lowest BCUT2D eigenvalue weighted by atomic mass is 9.70. The fourth-order valence-electron chi connectivity index (χ4n) is 3.88. The zero-order valence-corrected chi connectivity index (χ0v) is 15.7. The molecule has 136 valence electrons. The third-order valence-corrected chi connectivity index (χ3v) is 6.36. The van der Waals surface area contributed by atoms with Crippen LogP contribution in [0.15, 0.2) is 36.7 Å². The number of benzene rings is 1. The quantitative estimate of drug-likeness (QED) is 0.731. The van der Waals surface area contributed by atoms with E-state index in [4.69, 9.17) is 11.5 Å². The second kappa shape index (κ2) is 6.25. The molecule has 0 fully saturated rings. The maximum atomic E-state index is 11.7. The number of nitrogen functional groups attached to an aromatic ring is 1. The van der Waals surface area contributed by atoms with Gasteiger partial charge in [-0.15, -0.1) is 11.3 Å². The van der Waals surface area contributed by atoms with Crippen molar-refractivity contribution in [3.63, 3.8) is 0 Å². The van der Waals surface area contributed by atoms with Crippen LogP contribution in [0.25, 0.3) is 11.1 Å². The Balaban J connectivity index is 1.76. The number of aryl methyl sites for hydroxylation is 1. The molecule has 2 aromatic heterocycles. The van der Waals surface area contributed by atoms with Crippen LogP contribution < -0.4 is 11.5 Å². The number of nitrogens with two attached hydrogens (primary N) is 2. The highest BCUT2D eigenvalue weighted by Gasteiger charge is 2.39. The van der Waals surface area contributed by atoms with Crippen LogP contribution in [0.4, 0.5) is 5.00 Å². The van der Waals surface area contributed by atoms with Gasteiger partial charge >= 0.3 is 0 Å². The summed E-state index contributed by atoms with van der Waals surface area (Å²) in [7, 11) is 1.88. The van der Waals surface area contributed by atoms with Gasteiger partial charge in [0.1, 0.15) is 0 Å². The molecule has 27 heavy (non-hydrogen) atoms. The molecular weight excluding hydrogens is 358 g/mol. The number of carbonyl (C=O) groups excluding carboxylic acids is 1. The van der Waals surface area contributed by atoms with Gasteiger partial charge in [-0.25, -0.2) is 0 Å². The van der Waals surface area contributed by atoms with E-state index in [0.717, 1.165) is 27.1 Å². The SMILES string of the molecule is Cn1cc(-c2cccc(C3(C#N)CCc4c(sc(N)c4C(N)=O)C3)c2)cn1. The van der Waals surface area contributed by atoms with Gasteiger partial charge in [-0.2, -0.15) is 10.4 Å². The molecule has 0 bridgehead atoms. The molecule has 4 rings (SSSR count). The molecule has 3 aromatic rings. The first kappa shape index (κ1) is 17.3. The van der Waals surface area contributed by atoms with Crippen molar-refractivity contribution in [2.45, 2.75) is 24.7 Å². The number of thiophene rings is 1. The Bertz CT molecular complexity index is 1090. The van der Waals surface area contributed by atoms with Gasteiger partial charge in [-0.1, -0.05) is 18.2 Å². The summed E-state index contributed by atoms with van der Waals surface area (Å²) < 4.78 is 1.76. The van der Waals surface area contributed by atoms with Crippen LogP contribution >= 0.6 is 11.3 Å². The standard InChI is InChI=1S/C20H19N5OS/c1-25-10-13(9-24-25)12-3-2-4-14(7-12)20(11-21)6-5-15-16(8-20)27-19(23)17(15)18(22)26/h2-4,7,9-10H,5-6,8,23H2,1H3,(H2,22,26). The van der Waals surface area contributed by atoms with E-state index in [-0.39, 0.29) is 0 Å². The maximum Gasteiger partial charge on any atom is 0.251 e. The number of anilines is 1. The lowest BCUT2D eigenvalue weighted by Gasteiger charge is -2.31. The number of nitrogens with zero attached hydrogens (tertiary/aromatic N) is 3. The first-order valence-corrected chi connectivity index (χ1v) is 9.46. The van der Waals surface area contributed by atoms with Crippen molar-refractivity contribution in [2.24, 2.45) is 12.8 Å². The molecule has 1 aromatic carbocycles. The van der Waals surface area contributed by atoms with Gasteiger partial charge in [0, 0.05) is 30.1 Å². The van der Waals surface area contributed by atoms with Crippen LogP contribution in [-0.2, 0) is 25.3 Å². The average Bonchev–Trinajstić information content (AvgIpc) is 3.23. The Morgan fingerprint density at radius 1 is 1.41 bits per heavy atom. The molecule has 4 N–H and O–H groups in total. The Labute approximate surface area is 161 Å². The molecule has 6 nitrogen and oxygen atoms in total. The van der Waals surface area contributed by atoms with Gasteiger partial charge in [-0.05, 0) is 35.6 Å². The van der Waals surface area contributed by atoms with Crippen LogP contribution in [0.3, 0.4) is 0 Å². The molecule has 1 amide bonds. The van der Waals surface area contributed by atoms with Gasteiger partial charge in [0.15, 0.2) is 0 Å². The number of amides is 1. The van der Waals surface area contributed by atoms with Gasteiger partial charge in [0.2, 0.25) is 0 Å². The van der Waals surface area contributed by atoms with Gasteiger partial charge < -0.3 is 11.5 Å². The largest absolute Gasteiger partial charge is 0.390 e. The lowest BCUT2D eigenvalue weighted by Crippen LogP contribution is -2.32. The third kappa shape index (κ3) is 2.78. The minimum atomic E-state index is -0.641. The fraction of sp³-hybridized carbons (Fsp3) is 0.250. The zero-order valence-electron chi connectivity index (χ0n) is 14.9. The highest BCUT2D eigenvalue weighted by atomic mass is 32.1. The van der Waals surface area contributed by atoms with E-state index in [0.29, 0.717) is 29.8 Å². The first-order chi connectivity index (χ1) is 12.9. The molecule has 1 aliphatic carbocycles. The van der Waals surface area contributed by atoms with Crippen LogP contribution in [0.2, 0.25) is 0 Å². The number of primary amides is 1. The summed E-state index contributed by atoms with van der Waals surface area (Å²) >= 11 is 1.37. The molecule has 0 saturated carbocycles. The molecule has 0 aliphatic heterocycles. The van der Waals surface area contributed by atoms with E-state index in [2.05, 4.69) is 17.2 Å². The normalized spacial score (nSPS) is 18.7. The number of hydrogen-bond donors (Lipinski definition) is 2. The molecule has 1 atom stereocenters. The van der Waals surface area contributed by atoms with E-state index >= 15 is 0 Å². The van der Waals surface area contributed by atoms with Gasteiger partial charge in [0.25, 0.3) is 5.91 Å². The van der Waals surface area contributed by atoms with Crippen molar-refractivity contribution in [1.82, 2.24) is 9.78 Å². The van der Waals surface area contributed by atoms with Crippen molar-refractivity contribution in [3.05, 3.63) is 58.2 Å². The molecule has 0 saturated heterocycles. The predicted molar refractivity (Wildman–Crippen MR) is 105 cm³/mol. The van der Waals surface area contributed by atoms with Gasteiger partial charge in [0.05, 0.1) is 28.2 Å². The molecule has 2 heterocycles. The zero-order chi connectivity index (χ0) is 19.2. The molecular formula is C20H19N5OS. The summed E-state index contributed by atoms with van der Waals surface area (Å²) in [5, 5.41) is 14.8. The topological polar surface area (TPSA) is 111 Å². The van der Waals surface area contributed by atoms with E-state index in [1.807, 2.05) is 37.6 Å². The summed E-state index contributed by atoms with van der Waals surface area (Å²) in [5.74, 6) is -0.493. The lowest BCUT2D eigenvalue weighted by molar-refractivity contribution is 0.100. The summed E-state index contributed by atoms with van der Waals surface area (Å²) in [6, 6.07) is 10.6. The molecule has 0 radical (unpaired) electrons. The molecule has 0 spiro atoms. The Morgan fingerprint density at radius 2 is 2.22 bits per heavy atom. The Hall–Kier alpha value is -3.11. The fourth-order valence-corrected chi connectivity index (χ4v) is 5.12. The molecule has 1 unspecified atom stereocenters. The van der Waals surface area contributed by atoms with Crippen LogP contribution in [0, 0.1) is 11.3 Å². The molecule has 1 aliphatic rings. The summed E-state index contributed by atoms with van der Waals surface area (Å²) in [6.07, 6.45) is 5.55.